The summed E-state index contributed by atoms with van der Waals surface area (Å²) >= 11 is 0. The number of benzodiazepines with no additional fused rings is 1. The monoisotopic (exact) mass is 747 g/mol. The van der Waals surface area contributed by atoms with E-state index < -0.39 is 96.9 Å². The number of aliphatic imine (C=N–C) groups is 1. The van der Waals surface area contributed by atoms with Gasteiger partial charge < -0.3 is 25.8 Å². The van der Waals surface area contributed by atoms with Gasteiger partial charge in [0.25, 0.3) is 5.91 Å². The first-order valence-electron chi connectivity index (χ1n) is 17.3. The summed E-state index contributed by atoms with van der Waals surface area (Å²) in [5.41, 5.74) is 4.88. The van der Waals surface area contributed by atoms with Crippen LogP contribution in [0, 0.1) is 29.5 Å². The van der Waals surface area contributed by atoms with Crippen molar-refractivity contribution in [2.75, 3.05) is 11.6 Å². The van der Waals surface area contributed by atoms with Gasteiger partial charge in [-0.25, -0.2) is 19.0 Å². The zero-order valence-corrected chi connectivity index (χ0v) is 30.2. The van der Waals surface area contributed by atoms with Crippen LogP contribution >= 0.6 is 0 Å². The van der Waals surface area contributed by atoms with E-state index in [1.807, 2.05) is 0 Å². The molecule has 2 aliphatic rings. The fraction of sp³-hybridized carbons (Fsp3) is 0.514. The molecule has 0 saturated heterocycles. The molecule has 1 unspecified atom stereocenters. The summed E-state index contributed by atoms with van der Waals surface area (Å²) in [6.07, 6.45) is -8.09. The van der Waals surface area contributed by atoms with Gasteiger partial charge in [0.15, 0.2) is 6.73 Å². The molecule has 4 N–H and O–H groups in total. The molecular formula is C37H45F4N5O7. The van der Waals surface area contributed by atoms with Crippen molar-refractivity contribution in [1.29, 1.82) is 0 Å². The molecule has 0 spiro atoms. The molecule has 4 rings (SSSR count). The topological polar surface area (TPSA) is 169 Å². The van der Waals surface area contributed by atoms with Gasteiger partial charge in [0.1, 0.15) is 17.5 Å². The molecule has 0 aromatic heterocycles. The Balaban J connectivity index is 1.73. The van der Waals surface area contributed by atoms with Crippen LogP contribution in [0.2, 0.25) is 0 Å². The summed E-state index contributed by atoms with van der Waals surface area (Å²) in [4.78, 5) is 71.9. The molecule has 0 radical (unpaired) electrons. The summed E-state index contributed by atoms with van der Waals surface area (Å²) in [7, 11) is 0. The van der Waals surface area contributed by atoms with Crippen LogP contribution in [0.25, 0.3) is 0 Å². The quantitative estimate of drug-likeness (QED) is 0.173. The van der Waals surface area contributed by atoms with Crippen molar-refractivity contribution in [3.05, 3.63) is 65.5 Å². The lowest BCUT2D eigenvalue weighted by Gasteiger charge is -2.29. The Morgan fingerprint density at radius 2 is 1.66 bits per heavy atom. The smallest absolute Gasteiger partial charge is 0.408 e. The number of ether oxygens (including phenoxy) is 2. The van der Waals surface area contributed by atoms with Gasteiger partial charge in [-0.1, -0.05) is 69.2 Å². The number of alkyl carbamates (subject to hydrolysis) is 1. The number of amides is 4. The fourth-order valence-electron chi connectivity index (χ4n) is 5.96. The minimum absolute atomic E-state index is 0.0121. The Hall–Kier alpha value is -5.02. The number of nitrogens with one attached hydrogen (secondary N) is 2. The molecule has 16 heteroatoms. The number of esters is 1. The molecule has 4 amide bonds. The van der Waals surface area contributed by atoms with Crippen LogP contribution in [0.5, 0.6) is 0 Å². The Bertz CT molecular complexity index is 1710. The third-order valence-corrected chi connectivity index (χ3v) is 8.74. The van der Waals surface area contributed by atoms with Crippen molar-refractivity contribution < 1.29 is 51.0 Å². The molecule has 288 valence electrons. The van der Waals surface area contributed by atoms with Crippen molar-refractivity contribution in [1.82, 2.24) is 10.6 Å². The number of hydrogen-bond donors (Lipinski definition) is 3. The number of halogens is 4. The summed E-state index contributed by atoms with van der Waals surface area (Å²) < 4.78 is 66.9. The highest BCUT2D eigenvalue weighted by Gasteiger charge is 2.42. The van der Waals surface area contributed by atoms with Crippen molar-refractivity contribution in [3.8, 4) is 0 Å². The molecule has 12 nitrogen and oxygen atoms in total. The second-order valence-electron chi connectivity index (χ2n) is 14.6. The average Bonchev–Trinajstić information content (AvgIpc) is 3.89. The number of fused-ring (bicyclic) bond motifs is 1. The maximum absolute atomic E-state index is 15.8. The van der Waals surface area contributed by atoms with E-state index >= 15 is 4.39 Å². The van der Waals surface area contributed by atoms with Crippen LogP contribution in [-0.4, -0.2) is 66.2 Å². The summed E-state index contributed by atoms with van der Waals surface area (Å²) in [6, 6.07) is 10.9. The molecule has 1 saturated carbocycles. The number of carbonyl (C=O) groups is 5. The van der Waals surface area contributed by atoms with Gasteiger partial charge in [0.05, 0.1) is 11.4 Å². The highest BCUT2D eigenvalue weighted by Crippen LogP contribution is 2.39. The van der Waals surface area contributed by atoms with Crippen molar-refractivity contribution >= 4 is 41.2 Å². The minimum Gasteiger partial charge on any atom is -0.444 e. The van der Waals surface area contributed by atoms with Gasteiger partial charge in [-0.3, -0.25) is 19.3 Å². The van der Waals surface area contributed by atoms with E-state index in [-0.39, 0.29) is 29.3 Å². The number of anilines is 1. The lowest BCUT2D eigenvalue weighted by atomic mass is 9.83. The molecule has 0 bridgehead atoms. The van der Waals surface area contributed by atoms with Gasteiger partial charge in [-0.2, -0.15) is 13.2 Å². The summed E-state index contributed by atoms with van der Waals surface area (Å²) in [5, 5.41) is 4.85. The molecule has 1 aliphatic carbocycles. The van der Waals surface area contributed by atoms with E-state index in [1.54, 1.807) is 65.0 Å². The standard InChI is InChI=1S/C37H45F4N5O7/c1-20(2)27(44-35(51)53-36(3,4)5)34(50)52-19-46-29-24(12-9-13-26(29)38)28(22-10-7-6-8-11-22)43-31(33(46)49)45-32(48)23(16-17-37(39,40)41)25(30(42)47)18-21-14-15-21/h6-13,20-21,23,25,27,31H,14-19H2,1-5H3,(H2,42,47)(H,44,51)(H,45,48)/t23-,25-,27?,31-/m1/s1. The van der Waals surface area contributed by atoms with Crippen molar-refractivity contribution in [2.24, 2.45) is 34.4 Å². The first kappa shape index (κ1) is 40.7. The number of alkyl halides is 3. The number of nitrogens with zero attached hydrogens (tertiary/aromatic N) is 2. The van der Waals surface area contributed by atoms with Gasteiger partial charge in [-0.05, 0) is 51.5 Å². The highest BCUT2D eigenvalue weighted by molar-refractivity contribution is 6.20. The SMILES string of the molecule is CC(C)C(NC(=O)OC(C)(C)C)C(=O)OCN1C(=O)[C@@H](NC(=O)[C@H](CCC(F)(F)F)[C@@H](CC2CC2)C(N)=O)N=C(c2ccccc2)c2cccc(F)c21. The first-order valence-corrected chi connectivity index (χ1v) is 17.3. The van der Waals surface area contributed by atoms with E-state index in [2.05, 4.69) is 15.6 Å². The number of primary amides is 1. The third-order valence-electron chi connectivity index (χ3n) is 8.74. The zero-order chi connectivity index (χ0) is 39.2. The van der Waals surface area contributed by atoms with Crippen LogP contribution in [0.1, 0.15) is 77.8 Å². The van der Waals surface area contributed by atoms with Crippen LogP contribution in [0.3, 0.4) is 0 Å². The number of carbonyl (C=O) groups excluding carboxylic acids is 5. The van der Waals surface area contributed by atoms with E-state index in [0.717, 1.165) is 23.8 Å². The van der Waals surface area contributed by atoms with Crippen LogP contribution in [0.15, 0.2) is 53.5 Å². The molecule has 1 heterocycles. The molecule has 53 heavy (non-hydrogen) atoms. The Labute approximate surface area is 304 Å². The normalized spacial score (nSPS) is 17.8. The number of benzene rings is 2. The zero-order valence-electron chi connectivity index (χ0n) is 30.2. The number of rotatable bonds is 14. The van der Waals surface area contributed by atoms with Crippen LogP contribution < -0.4 is 21.3 Å². The number of nitrogens with two attached hydrogens (primary N) is 1. The molecule has 2 aromatic carbocycles. The van der Waals surface area contributed by atoms with E-state index in [9.17, 15) is 37.1 Å². The molecule has 1 aliphatic heterocycles. The largest absolute Gasteiger partial charge is 0.444 e. The average molecular weight is 748 g/mol. The highest BCUT2D eigenvalue weighted by atomic mass is 19.4. The van der Waals surface area contributed by atoms with Crippen molar-refractivity contribution in [2.45, 2.75) is 90.7 Å². The first-order chi connectivity index (χ1) is 24.8. The third kappa shape index (κ3) is 11.2. The van der Waals surface area contributed by atoms with Gasteiger partial charge >= 0.3 is 18.2 Å². The van der Waals surface area contributed by atoms with Gasteiger partial charge in [0.2, 0.25) is 18.0 Å². The van der Waals surface area contributed by atoms with Crippen molar-refractivity contribution in [3.63, 3.8) is 0 Å². The van der Waals surface area contributed by atoms with E-state index in [4.69, 9.17) is 15.2 Å². The second kappa shape index (κ2) is 16.8. The van der Waals surface area contributed by atoms with Gasteiger partial charge in [0, 0.05) is 29.4 Å². The molecular weight excluding hydrogens is 702 g/mol. The summed E-state index contributed by atoms with van der Waals surface area (Å²) in [6.45, 7) is 7.22. The number of para-hydroxylation sites is 1. The second-order valence-corrected chi connectivity index (χ2v) is 14.6. The van der Waals surface area contributed by atoms with E-state index in [1.165, 1.54) is 12.1 Å². The molecule has 2 aromatic rings. The predicted octanol–water partition coefficient (Wildman–Crippen LogP) is 5.36. The van der Waals surface area contributed by atoms with Crippen LogP contribution in [-0.2, 0) is 28.7 Å². The van der Waals surface area contributed by atoms with Gasteiger partial charge in [-0.15, -0.1) is 0 Å². The maximum Gasteiger partial charge on any atom is 0.408 e. The lowest BCUT2D eigenvalue weighted by Crippen LogP contribution is -2.52. The number of hydrogen-bond acceptors (Lipinski definition) is 8. The Kier molecular flexibility index (Phi) is 12.9. The molecule has 4 atom stereocenters. The fourth-order valence-corrected chi connectivity index (χ4v) is 5.96. The van der Waals surface area contributed by atoms with Crippen LogP contribution in [0.4, 0.5) is 28.0 Å². The Morgan fingerprint density at radius 1 is 1.00 bits per heavy atom. The Morgan fingerprint density at radius 3 is 2.23 bits per heavy atom. The predicted molar refractivity (Wildman–Crippen MR) is 186 cm³/mol. The maximum atomic E-state index is 15.8. The molecule has 1 fully saturated rings. The van der Waals surface area contributed by atoms with E-state index in [0.29, 0.717) is 5.56 Å². The minimum atomic E-state index is -4.66. The summed E-state index contributed by atoms with van der Waals surface area (Å²) in [5.74, 6) is -8.41. The lowest BCUT2D eigenvalue weighted by molar-refractivity contribution is -0.149.